The summed E-state index contributed by atoms with van der Waals surface area (Å²) in [6.07, 6.45) is 1.51. The minimum atomic E-state index is -4.48. The maximum atomic E-state index is 12.9. The van der Waals surface area contributed by atoms with E-state index in [2.05, 4.69) is 25.3 Å². The van der Waals surface area contributed by atoms with E-state index in [4.69, 9.17) is 0 Å². The molecule has 1 N–H and O–H groups in total. The van der Waals surface area contributed by atoms with Gasteiger partial charge in [0.2, 0.25) is 5.95 Å². The third kappa shape index (κ3) is 3.96. The first kappa shape index (κ1) is 17.8. The largest absolute Gasteiger partial charge is 0.433 e. The van der Waals surface area contributed by atoms with Gasteiger partial charge in [-0.15, -0.1) is 0 Å². The van der Waals surface area contributed by atoms with Crippen LogP contribution in [0.15, 0.2) is 49.1 Å². The fourth-order valence-corrected chi connectivity index (χ4v) is 2.51. The quantitative estimate of drug-likeness (QED) is 0.746. The van der Waals surface area contributed by atoms with Gasteiger partial charge in [-0.2, -0.15) is 13.2 Å². The van der Waals surface area contributed by atoms with Gasteiger partial charge in [0.15, 0.2) is 0 Å². The van der Waals surface area contributed by atoms with Crippen molar-refractivity contribution in [2.24, 2.45) is 0 Å². The molecule has 3 rings (SSSR count). The Kier molecular flexibility index (Phi) is 4.83. The summed E-state index contributed by atoms with van der Waals surface area (Å²) in [5, 5.41) is 3.13. The van der Waals surface area contributed by atoms with Crippen LogP contribution >= 0.6 is 0 Å². The summed E-state index contributed by atoms with van der Waals surface area (Å²) in [5.74, 6) is 0.479. The fourth-order valence-electron chi connectivity index (χ4n) is 2.51. The van der Waals surface area contributed by atoms with E-state index in [0.29, 0.717) is 17.1 Å². The molecule has 26 heavy (non-hydrogen) atoms. The number of rotatable bonds is 4. The summed E-state index contributed by atoms with van der Waals surface area (Å²) < 4.78 is 38.6. The average molecular weight is 359 g/mol. The molecule has 0 saturated carbocycles. The second-order valence-electron chi connectivity index (χ2n) is 5.79. The molecule has 3 aromatic rings. The smallest absolute Gasteiger partial charge is 0.346 e. The van der Waals surface area contributed by atoms with E-state index in [-0.39, 0.29) is 6.04 Å². The summed E-state index contributed by atoms with van der Waals surface area (Å²) in [7, 11) is 0. The first-order valence-corrected chi connectivity index (χ1v) is 7.88. The van der Waals surface area contributed by atoms with E-state index in [9.17, 15) is 13.2 Å². The maximum absolute atomic E-state index is 12.9. The normalized spacial score (nSPS) is 12.7. The molecular weight excluding hydrogens is 343 g/mol. The number of hydrogen-bond donors (Lipinski definition) is 1. The minimum absolute atomic E-state index is 0.159. The lowest BCUT2D eigenvalue weighted by molar-refractivity contribution is -0.141. The van der Waals surface area contributed by atoms with Crippen LogP contribution in [0.2, 0.25) is 0 Å². The molecule has 0 aliphatic carbocycles. The Hall–Kier alpha value is -3.03. The summed E-state index contributed by atoms with van der Waals surface area (Å²) in [4.78, 5) is 16.0. The van der Waals surface area contributed by atoms with Crippen LogP contribution in [0.4, 0.5) is 19.1 Å². The molecule has 0 saturated heterocycles. The van der Waals surface area contributed by atoms with Gasteiger partial charge in [0.1, 0.15) is 5.69 Å². The van der Waals surface area contributed by atoms with Crippen LogP contribution in [0.5, 0.6) is 0 Å². The van der Waals surface area contributed by atoms with E-state index >= 15 is 0 Å². The number of nitrogens with zero attached hydrogens (tertiary/aromatic N) is 4. The molecule has 0 aliphatic heterocycles. The molecule has 0 radical (unpaired) electrons. The second-order valence-corrected chi connectivity index (χ2v) is 5.79. The van der Waals surface area contributed by atoms with Crippen LogP contribution < -0.4 is 5.32 Å². The Balaban J connectivity index is 1.86. The third-order valence-corrected chi connectivity index (χ3v) is 3.85. The van der Waals surface area contributed by atoms with Crippen molar-refractivity contribution in [2.45, 2.75) is 26.1 Å². The Morgan fingerprint density at radius 2 is 1.73 bits per heavy atom. The highest BCUT2D eigenvalue weighted by molar-refractivity contribution is 5.66. The summed E-state index contributed by atoms with van der Waals surface area (Å²) in [6.45, 7) is 3.74. The number of alkyl halides is 3. The molecule has 8 heteroatoms. The molecule has 0 bridgehead atoms. The van der Waals surface area contributed by atoms with Gasteiger partial charge in [0, 0.05) is 30.4 Å². The van der Waals surface area contributed by atoms with E-state index < -0.39 is 11.9 Å². The number of aromatic nitrogens is 4. The highest BCUT2D eigenvalue weighted by Crippen LogP contribution is 2.31. The van der Waals surface area contributed by atoms with E-state index in [1.54, 1.807) is 30.7 Å². The highest BCUT2D eigenvalue weighted by atomic mass is 19.4. The summed E-state index contributed by atoms with van der Waals surface area (Å²) in [5.41, 5.74) is 1.69. The molecule has 3 heterocycles. The topological polar surface area (TPSA) is 63.6 Å². The van der Waals surface area contributed by atoms with Gasteiger partial charge in [-0.3, -0.25) is 9.97 Å². The molecule has 0 aromatic carbocycles. The summed E-state index contributed by atoms with van der Waals surface area (Å²) in [6, 6.07) is 5.97. The molecule has 0 fully saturated rings. The molecule has 0 aliphatic rings. The van der Waals surface area contributed by atoms with Crippen LogP contribution in [0, 0.1) is 6.92 Å². The molecule has 1 atom stereocenters. The number of hydrogen-bond acceptors (Lipinski definition) is 5. The first-order chi connectivity index (χ1) is 12.3. The van der Waals surface area contributed by atoms with Crippen LogP contribution in [0.1, 0.15) is 29.9 Å². The maximum Gasteiger partial charge on any atom is 0.433 e. The zero-order chi connectivity index (χ0) is 18.7. The molecule has 0 amide bonds. The Bertz CT molecular complexity index is 897. The van der Waals surface area contributed by atoms with Gasteiger partial charge in [-0.25, -0.2) is 9.97 Å². The van der Waals surface area contributed by atoms with Crippen molar-refractivity contribution in [2.75, 3.05) is 5.32 Å². The molecule has 5 nitrogen and oxygen atoms in total. The van der Waals surface area contributed by atoms with Crippen LogP contribution in [0.25, 0.3) is 11.1 Å². The molecule has 3 aromatic heterocycles. The van der Waals surface area contributed by atoms with Crippen molar-refractivity contribution >= 4 is 5.95 Å². The summed E-state index contributed by atoms with van der Waals surface area (Å²) >= 11 is 0. The fraction of sp³-hybridized carbons (Fsp3) is 0.222. The first-order valence-electron chi connectivity index (χ1n) is 7.88. The van der Waals surface area contributed by atoms with Gasteiger partial charge in [-0.05, 0) is 49.2 Å². The van der Waals surface area contributed by atoms with Crippen molar-refractivity contribution in [3.63, 3.8) is 0 Å². The van der Waals surface area contributed by atoms with Gasteiger partial charge in [-0.1, -0.05) is 0 Å². The second kappa shape index (κ2) is 7.07. The highest BCUT2D eigenvalue weighted by Gasteiger charge is 2.32. The van der Waals surface area contributed by atoms with Gasteiger partial charge < -0.3 is 5.32 Å². The lowest BCUT2D eigenvalue weighted by atomic mass is 10.0. The standard InChI is InChI=1S/C18H16F3N5/c1-11-8-15(12(2)26-17-23-5-3-6-24-17)25-10-14(11)13-4-7-22-16(9-13)18(19,20)21/h3-10,12H,1-2H3,(H,23,24,26)/t12-/m0/s1. The van der Waals surface area contributed by atoms with Gasteiger partial charge >= 0.3 is 6.18 Å². The van der Waals surface area contributed by atoms with Crippen LogP contribution in [-0.2, 0) is 6.18 Å². The lowest BCUT2D eigenvalue weighted by Crippen LogP contribution is -2.11. The Labute approximate surface area is 148 Å². The van der Waals surface area contributed by atoms with E-state index in [1.807, 2.05) is 19.9 Å². The number of halogens is 3. The third-order valence-electron chi connectivity index (χ3n) is 3.85. The number of nitrogens with one attached hydrogen (secondary N) is 1. The monoisotopic (exact) mass is 359 g/mol. The molecule has 134 valence electrons. The van der Waals surface area contributed by atoms with E-state index in [0.717, 1.165) is 23.5 Å². The Morgan fingerprint density at radius 1 is 1.00 bits per heavy atom. The van der Waals surface area contributed by atoms with Crippen LogP contribution in [-0.4, -0.2) is 19.9 Å². The lowest BCUT2D eigenvalue weighted by Gasteiger charge is -2.15. The number of aryl methyl sites for hydroxylation is 1. The molecular formula is C18H16F3N5. The van der Waals surface area contributed by atoms with Crippen LogP contribution in [0.3, 0.4) is 0 Å². The van der Waals surface area contributed by atoms with Crippen molar-refractivity contribution in [1.29, 1.82) is 0 Å². The van der Waals surface area contributed by atoms with Gasteiger partial charge in [0.05, 0.1) is 11.7 Å². The molecule has 0 spiro atoms. The predicted molar refractivity (Wildman–Crippen MR) is 91.3 cm³/mol. The minimum Gasteiger partial charge on any atom is -0.346 e. The number of anilines is 1. The SMILES string of the molecule is Cc1cc([C@H](C)Nc2ncccn2)ncc1-c1ccnc(C(F)(F)F)c1. The molecule has 0 unspecified atom stereocenters. The van der Waals surface area contributed by atoms with Crippen molar-refractivity contribution < 1.29 is 13.2 Å². The predicted octanol–water partition coefficient (Wildman–Crippen LogP) is 4.43. The Morgan fingerprint density at radius 3 is 2.38 bits per heavy atom. The van der Waals surface area contributed by atoms with Crippen molar-refractivity contribution in [3.8, 4) is 11.1 Å². The number of pyridine rings is 2. The van der Waals surface area contributed by atoms with Crippen molar-refractivity contribution in [3.05, 3.63) is 66.0 Å². The zero-order valence-corrected chi connectivity index (χ0v) is 14.1. The van der Waals surface area contributed by atoms with E-state index in [1.165, 1.54) is 0 Å². The van der Waals surface area contributed by atoms with Crippen molar-refractivity contribution in [1.82, 2.24) is 19.9 Å². The van der Waals surface area contributed by atoms with Gasteiger partial charge in [0.25, 0.3) is 0 Å². The zero-order valence-electron chi connectivity index (χ0n) is 14.1. The average Bonchev–Trinajstić information content (AvgIpc) is 2.62.